The van der Waals surface area contributed by atoms with Crippen molar-refractivity contribution in [2.45, 2.75) is 18.9 Å². The summed E-state index contributed by atoms with van der Waals surface area (Å²) in [5.41, 5.74) is 0.519. The topological polar surface area (TPSA) is 49.3 Å². The van der Waals surface area contributed by atoms with E-state index in [1.807, 2.05) is 30.3 Å². The van der Waals surface area contributed by atoms with Crippen LogP contribution in [0.15, 0.2) is 48.5 Å². The minimum absolute atomic E-state index is 0.00642. The summed E-state index contributed by atoms with van der Waals surface area (Å²) in [6, 6.07) is 12.3. The molecule has 1 amide bonds. The molecule has 5 heteroatoms. The van der Waals surface area contributed by atoms with Gasteiger partial charge in [-0.2, -0.15) is 0 Å². The molecular formula is C17H17F2NO2. The van der Waals surface area contributed by atoms with E-state index in [4.69, 9.17) is 5.11 Å². The van der Waals surface area contributed by atoms with Crippen LogP contribution in [0.1, 0.15) is 34.8 Å². The van der Waals surface area contributed by atoms with Gasteiger partial charge in [-0.1, -0.05) is 36.4 Å². The molecule has 1 atom stereocenters. The van der Waals surface area contributed by atoms with E-state index in [1.54, 1.807) is 0 Å². The molecule has 0 aliphatic rings. The molecule has 0 spiro atoms. The zero-order valence-corrected chi connectivity index (χ0v) is 11.9. The van der Waals surface area contributed by atoms with Gasteiger partial charge in [-0.25, -0.2) is 8.78 Å². The molecule has 2 rings (SSSR count). The van der Waals surface area contributed by atoms with Gasteiger partial charge in [0.05, 0.1) is 11.6 Å². The number of hydrogen-bond donors (Lipinski definition) is 2. The van der Waals surface area contributed by atoms with Gasteiger partial charge in [0.2, 0.25) is 0 Å². The van der Waals surface area contributed by atoms with Crippen molar-refractivity contribution in [2.75, 3.05) is 6.61 Å². The molecule has 0 saturated heterocycles. The number of amides is 1. The Morgan fingerprint density at radius 3 is 2.50 bits per heavy atom. The highest BCUT2D eigenvalue weighted by Gasteiger charge is 2.19. The SMILES string of the molecule is O=C(NC(CCCO)c1ccccc1)c1cccc(F)c1F. The summed E-state index contributed by atoms with van der Waals surface area (Å²) in [4.78, 5) is 12.2. The normalized spacial score (nSPS) is 12.0. The molecule has 0 aliphatic heterocycles. The highest BCUT2D eigenvalue weighted by Crippen LogP contribution is 2.20. The number of benzene rings is 2. The monoisotopic (exact) mass is 305 g/mol. The van der Waals surface area contributed by atoms with Crippen LogP contribution in [0.3, 0.4) is 0 Å². The van der Waals surface area contributed by atoms with Crippen LogP contribution in [0, 0.1) is 11.6 Å². The number of carbonyl (C=O) groups excluding carboxylic acids is 1. The maximum atomic E-state index is 13.7. The van der Waals surface area contributed by atoms with E-state index in [0.29, 0.717) is 12.8 Å². The standard InChI is InChI=1S/C17H17F2NO2/c18-14-9-4-8-13(16(14)19)17(22)20-15(10-5-11-21)12-6-2-1-3-7-12/h1-4,6-9,15,21H,5,10-11H2,(H,20,22). The van der Waals surface area contributed by atoms with Gasteiger partial charge in [0, 0.05) is 6.61 Å². The van der Waals surface area contributed by atoms with Gasteiger partial charge in [0.15, 0.2) is 11.6 Å². The number of aliphatic hydroxyl groups excluding tert-OH is 1. The number of rotatable bonds is 6. The van der Waals surface area contributed by atoms with Crippen LogP contribution in [0.2, 0.25) is 0 Å². The molecule has 0 fully saturated rings. The summed E-state index contributed by atoms with van der Waals surface area (Å²) in [5, 5.41) is 11.7. The van der Waals surface area contributed by atoms with Crippen molar-refractivity contribution in [3.05, 3.63) is 71.3 Å². The summed E-state index contributed by atoms with van der Waals surface area (Å²) >= 11 is 0. The van der Waals surface area contributed by atoms with E-state index in [2.05, 4.69) is 5.32 Å². The summed E-state index contributed by atoms with van der Waals surface area (Å²) in [6.45, 7) is -0.00642. The first-order chi connectivity index (χ1) is 10.6. The Labute approximate surface area is 127 Å². The Hall–Kier alpha value is -2.27. The molecule has 0 bridgehead atoms. The number of carbonyl (C=O) groups is 1. The summed E-state index contributed by atoms with van der Waals surface area (Å²) in [5.74, 6) is -2.89. The number of nitrogens with one attached hydrogen (secondary N) is 1. The third-order valence-electron chi connectivity index (χ3n) is 3.35. The molecule has 3 nitrogen and oxygen atoms in total. The van der Waals surface area contributed by atoms with E-state index in [-0.39, 0.29) is 18.2 Å². The van der Waals surface area contributed by atoms with Gasteiger partial charge in [-0.3, -0.25) is 4.79 Å². The molecule has 0 aliphatic carbocycles. The van der Waals surface area contributed by atoms with Crippen molar-refractivity contribution in [3.63, 3.8) is 0 Å². The lowest BCUT2D eigenvalue weighted by atomic mass is 10.0. The quantitative estimate of drug-likeness (QED) is 0.861. The molecule has 0 heterocycles. The second kappa shape index (κ2) is 7.66. The third kappa shape index (κ3) is 3.89. The fourth-order valence-corrected chi connectivity index (χ4v) is 2.22. The summed E-state index contributed by atoms with van der Waals surface area (Å²) in [6.07, 6.45) is 0.995. The van der Waals surface area contributed by atoms with Gasteiger partial charge >= 0.3 is 0 Å². The lowest BCUT2D eigenvalue weighted by Crippen LogP contribution is -2.29. The molecule has 2 aromatic rings. The molecule has 2 N–H and O–H groups in total. The average Bonchev–Trinajstić information content (AvgIpc) is 2.54. The zero-order valence-electron chi connectivity index (χ0n) is 11.9. The van der Waals surface area contributed by atoms with Crippen LogP contribution in [0.4, 0.5) is 8.78 Å². The van der Waals surface area contributed by atoms with Crippen molar-refractivity contribution < 1.29 is 18.7 Å². The van der Waals surface area contributed by atoms with Crippen LogP contribution in [0.25, 0.3) is 0 Å². The maximum absolute atomic E-state index is 13.7. The Morgan fingerprint density at radius 2 is 1.82 bits per heavy atom. The number of hydrogen-bond acceptors (Lipinski definition) is 2. The lowest BCUT2D eigenvalue weighted by molar-refractivity contribution is 0.0927. The van der Waals surface area contributed by atoms with Crippen LogP contribution in [0.5, 0.6) is 0 Å². The first-order valence-corrected chi connectivity index (χ1v) is 7.04. The van der Waals surface area contributed by atoms with Crippen molar-refractivity contribution >= 4 is 5.91 Å². The van der Waals surface area contributed by atoms with Gasteiger partial charge in [-0.05, 0) is 30.5 Å². The minimum atomic E-state index is -1.16. The van der Waals surface area contributed by atoms with E-state index in [0.717, 1.165) is 11.6 Å². The van der Waals surface area contributed by atoms with Gasteiger partial charge < -0.3 is 10.4 Å². The Morgan fingerprint density at radius 1 is 1.09 bits per heavy atom. The molecule has 2 aromatic carbocycles. The predicted molar refractivity (Wildman–Crippen MR) is 79.3 cm³/mol. The van der Waals surface area contributed by atoms with Crippen molar-refractivity contribution in [3.8, 4) is 0 Å². The highest BCUT2D eigenvalue weighted by atomic mass is 19.2. The van der Waals surface area contributed by atoms with E-state index >= 15 is 0 Å². The number of halogens is 2. The molecular weight excluding hydrogens is 288 g/mol. The third-order valence-corrected chi connectivity index (χ3v) is 3.35. The van der Waals surface area contributed by atoms with Gasteiger partial charge in [0.1, 0.15) is 0 Å². The fraction of sp³-hybridized carbons (Fsp3) is 0.235. The van der Waals surface area contributed by atoms with E-state index < -0.39 is 17.5 Å². The lowest BCUT2D eigenvalue weighted by Gasteiger charge is -2.19. The molecule has 0 radical (unpaired) electrons. The van der Waals surface area contributed by atoms with Crippen LogP contribution < -0.4 is 5.32 Å². The largest absolute Gasteiger partial charge is 0.396 e. The molecule has 0 saturated carbocycles. The average molecular weight is 305 g/mol. The van der Waals surface area contributed by atoms with E-state index in [1.165, 1.54) is 12.1 Å². The number of aliphatic hydroxyl groups is 1. The minimum Gasteiger partial charge on any atom is -0.396 e. The molecule has 22 heavy (non-hydrogen) atoms. The summed E-state index contributed by atoms with van der Waals surface area (Å²) in [7, 11) is 0. The first-order valence-electron chi connectivity index (χ1n) is 7.04. The second-order valence-corrected chi connectivity index (χ2v) is 4.90. The van der Waals surface area contributed by atoms with Crippen molar-refractivity contribution in [2.24, 2.45) is 0 Å². The van der Waals surface area contributed by atoms with Crippen LogP contribution >= 0.6 is 0 Å². The van der Waals surface area contributed by atoms with Crippen molar-refractivity contribution in [1.82, 2.24) is 5.32 Å². The van der Waals surface area contributed by atoms with E-state index in [9.17, 15) is 13.6 Å². The smallest absolute Gasteiger partial charge is 0.254 e. The predicted octanol–water partition coefficient (Wildman–Crippen LogP) is 3.21. The van der Waals surface area contributed by atoms with Crippen LogP contribution in [-0.2, 0) is 0 Å². The Kier molecular flexibility index (Phi) is 5.61. The zero-order chi connectivity index (χ0) is 15.9. The Bertz CT molecular complexity index is 632. The van der Waals surface area contributed by atoms with Gasteiger partial charge in [-0.15, -0.1) is 0 Å². The summed E-state index contributed by atoms with van der Waals surface area (Å²) < 4.78 is 26.9. The molecule has 0 aromatic heterocycles. The fourth-order valence-electron chi connectivity index (χ4n) is 2.22. The maximum Gasteiger partial charge on any atom is 0.254 e. The Balaban J connectivity index is 2.19. The molecule has 116 valence electrons. The highest BCUT2D eigenvalue weighted by molar-refractivity contribution is 5.94. The van der Waals surface area contributed by atoms with Crippen molar-refractivity contribution in [1.29, 1.82) is 0 Å². The van der Waals surface area contributed by atoms with Gasteiger partial charge in [0.25, 0.3) is 5.91 Å². The first kappa shape index (κ1) is 16.1. The van der Waals surface area contributed by atoms with Crippen LogP contribution in [-0.4, -0.2) is 17.6 Å². The second-order valence-electron chi connectivity index (χ2n) is 4.90. The molecule has 1 unspecified atom stereocenters.